The van der Waals surface area contributed by atoms with Gasteiger partial charge in [-0.2, -0.15) is 0 Å². The van der Waals surface area contributed by atoms with E-state index >= 15 is 0 Å². The van der Waals surface area contributed by atoms with Crippen LogP contribution in [-0.4, -0.2) is 9.55 Å². The van der Waals surface area contributed by atoms with Gasteiger partial charge < -0.3 is 0 Å². The van der Waals surface area contributed by atoms with E-state index in [1.807, 2.05) is 0 Å². The van der Waals surface area contributed by atoms with E-state index in [4.69, 9.17) is 4.98 Å². The molecule has 0 saturated carbocycles. The molecule has 7 aromatic rings. The predicted octanol–water partition coefficient (Wildman–Crippen LogP) is 9.45. The van der Waals surface area contributed by atoms with E-state index in [2.05, 4.69) is 141 Å². The SMILES string of the molecule is CC(C)(C)c1cc(-c2ccc3c4c5ccccc5ccc4n(-c4ccccc4)c3n2)cc2ccccc12. The number of aromatic nitrogens is 2. The first kappa shape index (κ1) is 21.8. The molecule has 0 aliphatic rings. The van der Waals surface area contributed by atoms with Crippen LogP contribution in [0.1, 0.15) is 26.3 Å². The lowest BCUT2D eigenvalue weighted by atomic mass is 9.82. The summed E-state index contributed by atoms with van der Waals surface area (Å²) >= 11 is 0. The van der Waals surface area contributed by atoms with E-state index in [-0.39, 0.29) is 5.41 Å². The first-order valence-electron chi connectivity index (χ1n) is 12.9. The van der Waals surface area contributed by atoms with Gasteiger partial charge in [0.2, 0.25) is 0 Å². The molecule has 5 aromatic carbocycles. The molecule has 2 aromatic heterocycles. The monoisotopic (exact) mass is 476 g/mol. The molecule has 0 spiro atoms. The molecule has 0 aliphatic carbocycles. The van der Waals surface area contributed by atoms with Crippen LogP contribution in [0.2, 0.25) is 0 Å². The molecule has 2 heterocycles. The Kier molecular flexibility index (Phi) is 4.74. The van der Waals surface area contributed by atoms with Crippen LogP contribution in [0, 0.1) is 0 Å². The molecule has 0 saturated heterocycles. The minimum Gasteiger partial charge on any atom is -0.294 e. The molecule has 0 aliphatic heterocycles. The lowest BCUT2D eigenvalue weighted by molar-refractivity contribution is 0.596. The Labute approximate surface area is 216 Å². The maximum atomic E-state index is 5.36. The lowest BCUT2D eigenvalue weighted by Crippen LogP contribution is -2.12. The molecule has 2 heteroatoms. The minimum atomic E-state index is 0.0254. The molecular weight excluding hydrogens is 448 g/mol. The highest BCUT2D eigenvalue weighted by molar-refractivity contribution is 6.20. The highest BCUT2D eigenvalue weighted by Crippen LogP contribution is 2.39. The van der Waals surface area contributed by atoms with E-state index in [1.54, 1.807) is 0 Å². The van der Waals surface area contributed by atoms with E-state index < -0.39 is 0 Å². The third-order valence-corrected chi connectivity index (χ3v) is 7.48. The summed E-state index contributed by atoms with van der Waals surface area (Å²) in [5.41, 5.74) is 6.80. The quantitative estimate of drug-likeness (QED) is 0.243. The fourth-order valence-corrected chi connectivity index (χ4v) is 5.74. The maximum Gasteiger partial charge on any atom is 0.146 e. The van der Waals surface area contributed by atoms with E-state index in [1.165, 1.54) is 43.4 Å². The van der Waals surface area contributed by atoms with Crippen LogP contribution in [0.25, 0.3) is 60.4 Å². The van der Waals surface area contributed by atoms with Crippen LogP contribution >= 0.6 is 0 Å². The summed E-state index contributed by atoms with van der Waals surface area (Å²) in [6, 6.07) is 41.4. The first-order chi connectivity index (χ1) is 18.0. The number of benzene rings is 5. The number of hydrogen-bond donors (Lipinski definition) is 0. The Hall–Kier alpha value is -4.43. The van der Waals surface area contributed by atoms with Gasteiger partial charge in [0, 0.05) is 22.0 Å². The van der Waals surface area contributed by atoms with Gasteiger partial charge in [0.1, 0.15) is 5.65 Å². The molecule has 0 atom stereocenters. The molecule has 0 fully saturated rings. The topological polar surface area (TPSA) is 17.8 Å². The van der Waals surface area contributed by atoms with Gasteiger partial charge in [0.25, 0.3) is 0 Å². The Morgan fingerprint density at radius 1 is 0.595 bits per heavy atom. The van der Waals surface area contributed by atoms with Crippen molar-refractivity contribution in [2.24, 2.45) is 0 Å². The molecule has 0 amide bonds. The second-order valence-electron chi connectivity index (χ2n) is 10.9. The molecule has 0 bridgehead atoms. The molecule has 0 N–H and O–H groups in total. The van der Waals surface area contributed by atoms with E-state index in [0.717, 1.165) is 22.6 Å². The molecule has 7 rings (SSSR count). The smallest absolute Gasteiger partial charge is 0.146 e. The van der Waals surface area contributed by atoms with E-state index in [0.29, 0.717) is 0 Å². The second kappa shape index (κ2) is 8.04. The average Bonchev–Trinajstić information content (AvgIpc) is 3.26. The molecule has 0 unspecified atom stereocenters. The van der Waals surface area contributed by atoms with Crippen molar-refractivity contribution in [3.05, 3.63) is 121 Å². The summed E-state index contributed by atoms with van der Waals surface area (Å²) < 4.78 is 2.31. The van der Waals surface area contributed by atoms with Crippen molar-refractivity contribution in [3.8, 4) is 16.9 Å². The standard InChI is InChI=1S/C35H28N2/c1-35(2,3)30-22-25(21-24-12-8-9-15-27(24)30)31-19-18-29-33-28-16-10-7-11-23(28)17-20-32(33)37(34(29)36-31)26-13-5-4-6-14-26/h4-22H,1-3H3. The fourth-order valence-electron chi connectivity index (χ4n) is 5.74. The summed E-state index contributed by atoms with van der Waals surface area (Å²) in [4.78, 5) is 5.36. The van der Waals surface area contributed by atoms with Crippen LogP contribution in [0.4, 0.5) is 0 Å². The van der Waals surface area contributed by atoms with Crippen LogP contribution < -0.4 is 0 Å². The summed E-state index contributed by atoms with van der Waals surface area (Å²) in [7, 11) is 0. The molecule has 2 nitrogen and oxygen atoms in total. The van der Waals surface area contributed by atoms with Gasteiger partial charge in [-0.25, -0.2) is 4.98 Å². The molecule has 37 heavy (non-hydrogen) atoms. The van der Waals surface area contributed by atoms with Gasteiger partial charge in [0.05, 0.1) is 11.2 Å². The number of fused-ring (bicyclic) bond motifs is 6. The van der Waals surface area contributed by atoms with Gasteiger partial charge in [-0.3, -0.25) is 4.57 Å². The number of pyridine rings is 1. The average molecular weight is 477 g/mol. The van der Waals surface area contributed by atoms with Crippen molar-refractivity contribution in [2.75, 3.05) is 0 Å². The zero-order chi connectivity index (χ0) is 25.1. The van der Waals surface area contributed by atoms with Crippen molar-refractivity contribution in [3.63, 3.8) is 0 Å². The molecule has 178 valence electrons. The largest absolute Gasteiger partial charge is 0.294 e. The minimum absolute atomic E-state index is 0.0254. The zero-order valence-corrected chi connectivity index (χ0v) is 21.4. The summed E-state index contributed by atoms with van der Waals surface area (Å²) in [5, 5.41) is 7.50. The van der Waals surface area contributed by atoms with Gasteiger partial charge >= 0.3 is 0 Å². The number of rotatable bonds is 2. The highest BCUT2D eigenvalue weighted by atomic mass is 15.0. The Balaban J connectivity index is 1.57. The van der Waals surface area contributed by atoms with Gasteiger partial charge in [-0.05, 0) is 75.0 Å². The predicted molar refractivity (Wildman–Crippen MR) is 158 cm³/mol. The van der Waals surface area contributed by atoms with Crippen molar-refractivity contribution in [1.29, 1.82) is 0 Å². The fraction of sp³-hybridized carbons (Fsp3) is 0.114. The molecular formula is C35H28N2. The Morgan fingerprint density at radius 2 is 1.30 bits per heavy atom. The number of hydrogen-bond acceptors (Lipinski definition) is 1. The Bertz CT molecular complexity index is 1950. The van der Waals surface area contributed by atoms with Gasteiger partial charge in [-0.1, -0.05) is 93.6 Å². The van der Waals surface area contributed by atoms with E-state index in [9.17, 15) is 0 Å². The third kappa shape index (κ3) is 3.44. The maximum absolute atomic E-state index is 5.36. The van der Waals surface area contributed by atoms with Crippen molar-refractivity contribution in [2.45, 2.75) is 26.2 Å². The highest BCUT2D eigenvalue weighted by Gasteiger charge is 2.20. The van der Waals surface area contributed by atoms with Crippen LogP contribution in [0.15, 0.2) is 115 Å². The summed E-state index contributed by atoms with van der Waals surface area (Å²) in [6.45, 7) is 6.86. The van der Waals surface area contributed by atoms with Crippen molar-refractivity contribution in [1.82, 2.24) is 9.55 Å². The molecule has 0 radical (unpaired) electrons. The second-order valence-corrected chi connectivity index (χ2v) is 10.9. The zero-order valence-electron chi connectivity index (χ0n) is 21.4. The first-order valence-corrected chi connectivity index (χ1v) is 12.9. The van der Waals surface area contributed by atoms with Gasteiger partial charge in [0.15, 0.2) is 0 Å². The van der Waals surface area contributed by atoms with Crippen molar-refractivity contribution < 1.29 is 0 Å². The normalized spacial score (nSPS) is 12.2. The number of nitrogens with zero attached hydrogens (tertiary/aromatic N) is 2. The lowest BCUT2D eigenvalue weighted by Gasteiger charge is -2.22. The van der Waals surface area contributed by atoms with Crippen LogP contribution in [0.5, 0.6) is 0 Å². The summed E-state index contributed by atoms with van der Waals surface area (Å²) in [5.74, 6) is 0. The van der Waals surface area contributed by atoms with Crippen LogP contribution in [-0.2, 0) is 5.41 Å². The number of para-hydroxylation sites is 1. The van der Waals surface area contributed by atoms with Crippen molar-refractivity contribution >= 4 is 43.5 Å². The third-order valence-electron chi connectivity index (χ3n) is 7.48. The van der Waals surface area contributed by atoms with Crippen LogP contribution in [0.3, 0.4) is 0 Å². The summed E-state index contributed by atoms with van der Waals surface area (Å²) in [6.07, 6.45) is 0. The Morgan fingerprint density at radius 3 is 2.08 bits per heavy atom. The van der Waals surface area contributed by atoms with Gasteiger partial charge in [-0.15, -0.1) is 0 Å².